The summed E-state index contributed by atoms with van der Waals surface area (Å²) in [5.41, 5.74) is 0.570. The van der Waals surface area contributed by atoms with E-state index in [1.165, 1.54) is 30.5 Å². The number of aromatic amines is 1. The number of hydrogen-bond donors (Lipinski definition) is 6. The third-order valence-electron chi connectivity index (χ3n) is 11.3. The van der Waals surface area contributed by atoms with Crippen LogP contribution >= 0.6 is 11.8 Å². The highest BCUT2D eigenvalue weighted by Gasteiger charge is 2.61. The lowest BCUT2D eigenvalue weighted by Crippen LogP contribution is -2.68. The van der Waals surface area contributed by atoms with Gasteiger partial charge in [0.2, 0.25) is 11.6 Å². The van der Waals surface area contributed by atoms with Crippen LogP contribution in [-0.4, -0.2) is 148 Å². The predicted octanol–water partition coefficient (Wildman–Crippen LogP) is 3.09. The summed E-state index contributed by atoms with van der Waals surface area (Å²) >= 11 is 12.0. The summed E-state index contributed by atoms with van der Waals surface area (Å²) in [6, 6.07) is 6.40. The molecule has 8 unspecified atom stereocenters. The van der Waals surface area contributed by atoms with E-state index in [4.69, 9.17) is 57.2 Å². The van der Waals surface area contributed by atoms with Crippen LogP contribution < -0.4 is 10.6 Å². The summed E-state index contributed by atoms with van der Waals surface area (Å²) in [6.07, 6.45) is 2.86. The molecule has 0 bridgehead atoms. The Morgan fingerprint density at radius 1 is 1.20 bits per heavy atom. The van der Waals surface area contributed by atoms with Crippen molar-refractivity contribution in [2.45, 2.75) is 93.2 Å². The van der Waals surface area contributed by atoms with Gasteiger partial charge in [0.05, 0.1) is 43.2 Å². The summed E-state index contributed by atoms with van der Waals surface area (Å²) in [7, 11) is 0.610. The summed E-state index contributed by atoms with van der Waals surface area (Å²) in [5.74, 6) is 6.69. The number of pyridine rings is 1. The van der Waals surface area contributed by atoms with Crippen LogP contribution in [0.15, 0.2) is 65.5 Å². The minimum atomic E-state index is -2.06. The second-order valence-electron chi connectivity index (χ2n) is 15.9. The number of fused-ring (bicyclic) bond motifs is 3. The van der Waals surface area contributed by atoms with E-state index in [2.05, 4.69) is 38.4 Å². The largest absolute Gasteiger partial charge is 0.508 e. The summed E-state index contributed by atoms with van der Waals surface area (Å²) < 4.78 is 35.1. The zero-order valence-corrected chi connectivity index (χ0v) is 40.0. The number of allylic oxidation sites excluding steroid dienone is 2. The molecule has 1 aliphatic carbocycles. The van der Waals surface area contributed by atoms with Crippen molar-refractivity contribution in [1.82, 2.24) is 20.6 Å². The number of benzene rings is 1. The normalized spacial score (nSPS) is 28.4. The maximum Gasteiger partial charge on any atom is 0.411 e. The van der Waals surface area contributed by atoms with Crippen LogP contribution in [-0.2, 0) is 62.7 Å². The minimum absolute atomic E-state index is 0.00491. The number of rotatable bonds is 14. The van der Waals surface area contributed by atoms with Crippen molar-refractivity contribution in [2.24, 2.45) is 0 Å². The van der Waals surface area contributed by atoms with Crippen LogP contribution in [0, 0.1) is 24.2 Å². The average molecular weight is 969 g/mol. The Morgan fingerprint density at radius 2 is 1.95 bits per heavy atom. The second-order valence-corrected chi connectivity index (χ2v) is 24.2. The van der Waals surface area contributed by atoms with Gasteiger partial charge >= 0.3 is 6.09 Å². The van der Waals surface area contributed by atoms with Gasteiger partial charge in [0.25, 0.3) is 0 Å². The molecule has 3 aromatic rings. The van der Waals surface area contributed by atoms with Crippen molar-refractivity contribution in [2.75, 3.05) is 39.1 Å². The summed E-state index contributed by atoms with van der Waals surface area (Å²) in [4.78, 5) is 49.5. The number of nitrogens with zero attached hydrogens (tertiary/aromatic N) is 1. The quantitative estimate of drug-likeness (QED) is 0.101. The molecule has 0 radical (unpaired) electrons. The number of ether oxygens (including phenoxy) is 6. The van der Waals surface area contributed by atoms with Crippen molar-refractivity contribution in [1.29, 1.82) is 0 Å². The number of phenols is 1. The first kappa shape index (κ1) is 50.2. The fourth-order valence-corrected chi connectivity index (χ4v) is 10.2. The molecule has 0 spiro atoms. The monoisotopic (exact) mass is 968 g/mol. The van der Waals surface area contributed by atoms with Gasteiger partial charge in [0.1, 0.15) is 40.6 Å². The lowest BCUT2D eigenvalue weighted by molar-refractivity contribution is -0.322. The number of amides is 1. The Kier molecular flexibility index (Phi) is 16.3. The van der Waals surface area contributed by atoms with E-state index in [1.54, 1.807) is 44.7 Å². The third-order valence-corrected chi connectivity index (χ3v) is 14.3. The number of aromatic hydroxyl groups is 1. The van der Waals surface area contributed by atoms with Crippen LogP contribution in [0.1, 0.15) is 37.7 Å². The number of methoxy groups -OCH3 is 2. The van der Waals surface area contributed by atoms with Crippen molar-refractivity contribution in [3.8, 4) is 29.9 Å². The maximum absolute atomic E-state index is 15.3. The number of carbonyl (C=O) groups is 3. The van der Waals surface area contributed by atoms with Gasteiger partial charge < -0.3 is 54.0 Å². The molecular weight excluding hydrogens is 917 g/mol. The third kappa shape index (κ3) is 10.7. The highest BCUT2D eigenvalue weighted by molar-refractivity contribution is 8.56. The Balaban J connectivity index is 1.49. The van der Waals surface area contributed by atoms with Gasteiger partial charge in [-0.2, -0.15) is 0 Å². The molecule has 3 aliphatic rings. The molecule has 6 rings (SSSR count). The maximum atomic E-state index is 15.3. The Hall–Kier alpha value is -4.26. The lowest BCUT2D eigenvalue weighted by atomic mass is 9.83. The first-order valence-electron chi connectivity index (χ1n) is 20.4. The number of hydrogen-bond acceptors (Lipinski definition) is 17. The zero-order chi connectivity index (χ0) is 47.4. The topological polar surface area (TPSA) is 220 Å². The van der Waals surface area contributed by atoms with E-state index in [-0.39, 0.29) is 59.2 Å². The van der Waals surface area contributed by atoms with Crippen LogP contribution in [0.2, 0.25) is 0 Å². The van der Waals surface area contributed by atoms with Gasteiger partial charge in [-0.1, -0.05) is 44.8 Å². The van der Waals surface area contributed by atoms with Crippen molar-refractivity contribution >= 4 is 80.8 Å². The number of alkyl carbamates (subject to hydrolysis) is 1. The second kappa shape index (κ2) is 21.1. The molecule has 10 atom stereocenters. The molecule has 348 valence electrons. The number of phenolic OH excluding ortho intramolecular Hbond substituents is 1. The number of aliphatic hydroxyl groups excluding tert-OH is 2. The highest BCUT2D eigenvalue weighted by atomic mass is 33.1. The van der Waals surface area contributed by atoms with Gasteiger partial charge in [-0.15, -0.1) is 18.2 Å². The number of ketones is 2. The molecule has 16 nitrogen and oxygen atoms in total. The minimum Gasteiger partial charge on any atom is -0.508 e. The Labute approximate surface area is 391 Å². The number of nitrogens with one attached hydrogen (secondary N) is 3. The molecule has 65 heavy (non-hydrogen) atoms. The number of H-pyrrole nitrogens is 1. The molecule has 20 heteroatoms. The van der Waals surface area contributed by atoms with Crippen molar-refractivity contribution < 1.29 is 58.1 Å². The molecule has 6 N–H and O–H groups in total. The van der Waals surface area contributed by atoms with Gasteiger partial charge in [0, 0.05) is 53.4 Å². The van der Waals surface area contributed by atoms with Gasteiger partial charge in [-0.3, -0.25) is 19.9 Å². The van der Waals surface area contributed by atoms with Gasteiger partial charge in [-0.05, 0) is 83.8 Å². The SMILES string of the molecule is C#C/C=C\C#C[C@H](OC1OC(C)C(SC)(C(=O)c2nccc3c2[nH]c2ccc(O)cc23)C(O)C1OC1CC(OC)C(NC(C)C)CO1)C1=C(NC(=O)OC)C(=O)[C@@H](O)/C1=C/CS(C)(=S)=S. The van der Waals surface area contributed by atoms with Crippen LogP contribution in [0.3, 0.4) is 0 Å². The van der Waals surface area contributed by atoms with E-state index < -0.39 is 78.8 Å². The van der Waals surface area contributed by atoms with Crippen LogP contribution in [0.4, 0.5) is 4.79 Å². The molecule has 2 saturated heterocycles. The molecule has 1 amide bonds. The van der Waals surface area contributed by atoms with E-state index in [0.717, 1.165) is 18.9 Å². The van der Waals surface area contributed by atoms with E-state index in [1.807, 2.05) is 13.8 Å². The first-order chi connectivity index (χ1) is 30.9. The summed E-state index contributed by atoms with van der Waals surface area (Å²) in [5, 5.41) is 41.7. The number of aliphatic hydroxyl groups is 2. The lowest BCUT2D eigenvalue weighted by Gasteiger charge is -2.51. The molecular formula is C45H52N4O12S4. The van der Waals surface area contributed by atoms with Gasteiger partial charge in [0.15, 0.2) is 12.6 Å². The predicted molar refractivity (Wildman–Crippen MR) is 253 cm³/mol. The molecule has 1 aromatic carbocycles. The van der Waals surface area contributed by atoms with Crippen molar-refractivity contribution in [3.05, 3.63) is 71.2 Å². The van der Waals surface area contributed by atoms with E-state index in [9.17, 15) is 24.9 Å². The molecule has 0 saturated carbocycles. The smallest absolute Gasteiger partial charge is 0.411 e. The fraction of sp³-hybridized carbons (Fsp3) is 0.467. The molecule has 2 fully saturated rings. The first-order valence-corrected chi connectivity index (χ1v) is 25.7. The Bertz CT molecular complexity index is 2630. The number of carbonyl (C=O) groups excluding carboxylic acids is 3. The molecule has 2 aliphatic heterocycles. The summed E-state index contributed by atoms with van der Waals surface area (Å²) in [6.45, 7) is 5.75. The highest BCUT2D eigenvalue weighted by Crippen LogP contribution is 2.46. The standard InChI is InChI=1S/C45H52N4O12S4/c1-9-10-11-12-13-31(34-27(17-19-65(8,62)63)38(51)39(52)36(34)49-44(55)57-6)60-43-40(61-33-21-32(56-5)30(22-58-33)47-23(2)3)42(54)45(64-7,24(4)59-43)41(53)37-35-26(16-18-46-37)28-20-25(50)14-15-29(28)48-35/h1,10-11,14-18,20,23-24,30-33,38,40,42-43,47-48,50-51,54H,19,21-22H2,2-8H3,(H,49,55)/b11-10-,27-17+/t24?,30?,31-,32?,33?,38-,40?,42?,43?,45?/m0/s1. The van der Waals surface area contributed by atoms with E-state index >= 15 is 4.79 Å². The van der Waals surface area contributed by atoms with E-state index in [0.29, 0.717) is 21.8 Å². The van der Waals surface area contributed by atoms with Gasteiger partial charge in [-0.25, -0.2) is 4.79 Å². The number of thioether (sulfide) groups is 1. The van der Waals surface area contributed by atoms with Crippen LogP contribution in [0.5, 0.6) is 5.75 Å². The number of terminal acetylenes is 1. The molecule has 2 aromatic heterocycles. The molecule has 4 heterocycles. The number of Topliss-reactive ketones (excluding diaryl/α,β-unsaturated/α-hetero) is 2. The Morgan fingerprint density at radius 3 is 2.62 bits per heavy atom. The zero-order valence-electron chi connectivity index (χ0n) is 36.7. The fourth-order valence-electron chi connectivity index (χ4n) is 8.23. The van der Waals surface area contributed by atoms with Crippen LogP contribution in [0.25, 0.3) is 21.8 Å². The average Bonchev–Trinajstić information content (AvgIpc) is 3.75. The van der Waals surface area contributed by atoms with Crippen molar-refractivity contribution in [3.63, 3.8) is 0 Å². The number of aromatic nitrogens is 2.